The maximum atomic E-state index is 11.3. The van der Waals surface area contributed by atoms with Gasteiger partial charge < -0.3 is 5.32 Å². The summed E-state index contributed by atoms with van der Waals surface area (Å²) in [5.41, 5.74) is 0. The highest BCUT2D eigenvalue weighted by molar-refractivity contribution is 5.88. The van der Waals surface area contributed by atoms with Gasteiger partial charge in [0, 0.05) is 6.04 Å². The van der Waals surface area contributed by atoms with Gasteiger partial charge in [-0.2, -0.15) is 0 Å². The third-order valence-electron chi connectivity index (χ3n) is 5.54. The fourth-order valence-corrected chi connectivity index (χ4v) is 5.46. The second kappa shape index (κ2) is 1.16. The van der Waals surface area contributed by atoms with E-state index in [1.54, 1.807) is 0 Å². The number of β-lactam (4-membered cyclic amide) rings is 1. The van der Waals surface area contributed by atoms with Crippen LogP contribution >= 0.6 is 0 Å². The summed E-state index contributed by atoms with van der Waals surface area (Å²) < 4.78 is 0. The molecule has 6 fully saturated rings. The molecule has 62 valence electrons. The van der Waals surface area contributed by atoms with Gasteiger partial charge in [0.1, 0.15) is 0 Å². The van der Waals surface area contributed by atoms with Crippen LogP contribution in [0.5, 0.6) is 0 Å². The van der Waals surface area contributed by atoms with Crippen LogP contribution in [0.3, 0.4) is 0 Å². The number of fused-ring (bicyclic) bond motifs is 1. The molecule has 6 bridgehead atoms. The van der Waals surface area contributed by atoms with E-state index >= 15 is 0 Å². The Morgan fingerprint density at radius 2 is 1.83 bits per heavy atom. The van der Waals surface area contributed by atoms with Crippen LogP contribution in [-0.4, -0.2) is 11.9 Å². The molecule has 0 spiro atoms. The second-order valence-electron chi connectivity index (χ2n) is 5.43. The summed E-state index contributed by atoms with van der Waals surface area (Å²) in [7, 11) is 0. The summed E-state index contributed by atoms with van der Waals surface area (Å²) in [6.45, 7) is 0. The van der Waals surface area contributed by atoms with Crippen LogP contribution in [0.15, 0.2) is 0 Å². The van der Waals surface area contributed by atoms with E-state index in [0.717, 1.165) is 35.5 Å². The zero-order valence-electron chi connectivity index (χ0n) is 6.73. The smallest absolute Gasteiger partial charge is 0.225 e. The molecule has 5 aliphatic carbocycles. The summed E-state index contributed by atoms with van der Waals surface area (Å²) >= 11 is 0. The number of amides is 1. The Labute approximate surface area is 70.7 Å². The van der Waals surface area contributed by atoms with E-state index < -0.39 is 0 Å². The maximum absolute atomic E-state index is 11.3. The normalized spacial score (nSPS) is 78.5. The van der Waals surface area contributed by atoms with Crippen LogP contribution in [0.25, 0.3) is 0 Å². The van der Waals surface area contributed by atoms with E-state index in [1.807, 2.05) is 0 Å². The Kier molecular flexibility index (Phi) is 0.507. The molecule has 1 amide bonds. The number of rotatable bonds is 0. The summed E-state index contributed by atoms with van der Waals surface area (Å²) in [4.78, 5) is 11.3. The lowest BCUT2D eigenvalue weighted by Gasteiger charge is -2.39. The first kappa shape index (κ1) is 5.25. The quantitative estimate of drug-likeness (QED) is 0.507. The molecular formula is C10H11NO. The summed E-state index contributed by atoms with van der Waals surface area (Å²) in [6.07, 6.45) is 1.48. The van der Waals surface area contributed by atoms with Crippen molar-refractivity contribution in [2.75, 3.05) is 0 Å². The van der Waals surface area contributed by atoms with E-state index in [9.17, 15) is 4.79 Å². The third kappa shape index (κ3) is 0.278. The molecule has 0 radical (unpaired) electrons. The first-order valence-corrected chi connectivity index (χ1v) is 5.18. The van der Waals surface area contributed by atoms with E-state index in [-0.39, 0.29) is 0 Å². The van der Waals surface area contributed by atoms with Gasteiger partial charge >= 0.3 is 0 Å². The summed E-state index contributed by atoms with van der Waals surface area (Å²) in [5, 5.41) is 3.11. The molecule has 1 N–H and O–H groups in total. The monoisotopic (exact) mass is 161 g/mol. The van der Waals surface area contributed by atoms with Gasteiger partial charge in [0.25, 0.3) is 0 Å². The average molecular weight is 161 g/mol. The van der Waals surface area contributed by atoms with Crippen LogP contribution in [0.4, 0.5) is 0 Å². The van der Waals surface area contributed by atoms with E-state index in [4.69, 9.17) is 0 Å². The molecule has 6 rings (SSSR count). The van der Waals surface area contributed by atoms with Gasteiger partial charge in [-0.3, -0.25) is 4.79 Å². The van der Waals surface area contributed by atoms with E-state index in [1.165, 1.54) is 6.42 Å². The molecule has 0 aromatic heterocycles. The fourth-order valence-electron chi connectivity index (χ4n) is 5.46. The number of hydrogen-bond acceptors (Lipinski definition) is 1. The van der Waals surface area contributed by atoms with Crippen molar-refractivity contribution in [3.05, 3.63) is 0 Å². The lowest BCUT2D eigenvalue weighted by molar-refractivity contribution is -0.137. The first-order valence-electron chi connectivity index (χ1n) is 5.18. The minimum absolute atomic E-state index is 0.378. The van der Waals surface area contributed by atoms with Crippen LogP contribution in [-0.2, 0) is 4.79 Å². The SMILES string of the molecule is O=C1N[C@H]2C3C4CC5C(C53)C4[C@@H]12. The Morgan fingerprint density at radius 1 is 1.08 bits per heavy atom. The summed E-state index contributed by atoms with van der Waals surface area (Å²) in [6, 6.07) is 0.640. The van der Waals surface area contributed by atoms with Gasteiger partial charge in [-0.1, -0.05) is 0 Å². The van der Waals surface area contributed by atoms with Crippen LogP contribution in [0, 0.1) is 41.4 Å². The molecule has 8 atom stereocenters. The predicted octanol–water partition coefficient (Wildman–Crippen LogP) is 0.243. The molecular weight excluding hydrogens is 150 g/mol. The molecule has 1 saturated heterocycles. The minimum Gasteiger partial charge on any atom is -0.352 e. The van der Waals surface area contributed by atoms with Crippen molar-refractivity contribution in [2.24, 2.45) is 41.4 Å². The van der Waals surface area contributed by atoms with Crippen molar-refractivity contribution in [3.63, 3.8) is 0 Å². The van der Waals surface area contributed by atoms with Crippen molar-refractivity contribution < 1.29 is 4.79 Å². The number of carbonyl (C=O) groups excluding carboxylic acids is 1. The van der Waals surface area contributed by atoms with Crippen molar-refractivity contribution >= 4 is 5.91 Å². The maximum Gasteiger partial charge on any atom is 0.225 e. The standard InChI is InChI=1S/C10H11NO/c12-10-8-6-3-1-2-4(6)5(2)7(3)9(8)11-10/h2-9H,1H2,(H,11,12)/t2?,3?,4?,5?,6?,7?,8-,9+/m1/s1. The topological polar surface area (TPSA) is 29.1 Å². The first-order chi connectivity index (χ1) is 5.88. The van der Waals surface area contributed by atoms with E-state index in [0.29, 0.717) is 17.9 Å². The largest absolute Gasteiger partial charge is 0.352 e. The zero-order valence-corrected chi connectivity index (χ0v) is 6.73. The Hall–Kier alpha value is -0.530. The van der Waals surface area contributed by atoms with Gasteiger partial charge in [0.05, 0.1) is 5.92 Å². The van der Waals surface area contributed by atoms with Crippen molar-refractivity contribution in [1.82, 2.24) is 5.32 Å². The van der Waals surface area contributed by atoms with Crippen LogP contribution < -0.4 is 5.32 Å². The molecule has 5 saturated carbocycles. The molecule has 6 aliphatic rings. The number of hydrogen-bond donors (Lipinski definition) is 1. The van der Waals surface area contributed by atoms with Gasteiger partial charge in [-0.15, -0.1) is 0 Å². The molecule has 2 heteroatoms. The van der Waals surface area contributed by atoms with Gasteiger partial charge in [0.2, 0.25) is 5.91 Å². The average Bonchev–Trinajstić information content (AvgIpc) is 2.43. The molecule has 0 aromatic rings. The van der Waals surface area contributed by atoms with Crippen LogP contribution in [0.2, 0.25) is 0 Å². The molecule has 1 heterocycles. The number of nitrogens with one attached hydrogen (secondary N) is 1. The molecule has 1 aliphatic heterocycles. The lowest BCUT2D eigenvalue weighted by Crippen LogP contribution is -2.61. The summed E-state index contributed by atoms with van der Waals surface area (Å²) in [5.74, 6) is 6.78. The highest BCUT2D eigenvalue weighted by Gasteiger charge is 2.83. The Balaban J connectivity index is 1.76. The highest BCUT2D eigenvalue weighted by Crippen LogP contribution is 2.82. The molecule has 6 unspecified atom stereocenters. The van der Waals surface area contributed by atoms with Gasteiger partial charge in [-0.05, 0) is 41.9 Å². The predicted molar refractivity (Wildman–Crippen MR) is 41.0 cm³/mol. The zero-order chi connectivity index (χ0) is 7.61. The van der Waals surface area contributed by atoms with Crippen molar-refractivity contribution in [2.45, 2.75) is 12.5 Å². The van der Waals surface area contributed by atoms with Gasteiger partial charge in [0.15, 0.2) is 0 Å². The van der Waals surface area contributed by atoms with Crippen molar-refractivity contribution in [3.8, 4) is 0 Å². The van der Waals surface area contributed by atoms with Crippen molar-refractivity contribution in [1.29, 1.82) is 0 Å². The molecule has 0 aromatic carbocycles. The Morgan fingerprint density at radius 3 is 2.58 bits per heavy atom. The van der Waals surface area contributed by atoms with Gasteiger partial charge in [-0.25, -0.2) is 0 Å². The third-order valence-corrected chi connectivity index (χ3v) is 5.54. The molecule has 2 nitrogen and oxygen atoms in total. The second-order valence-corrected chi connectivity index (χ2v) is 5.43. The Bertz CT molecular complexity index is 326. The fraction of sp³-hybridized carbons (Fsp3) is 0.900. The minimum atomic E-state index is 0.378. The molecule has 12 heavy (non-hydrogen) atoms. The van der Waals surface area contributed by atoms with E-state index in [2.05, 4.69) is 5.32 Å². The lowest BCUT2D eigenvalue weighted by atomic mass is 9.78. The highest BCUT2D eigenvalue weighted by atomic mass is 16.2. The van der Waals surface area contributed by atoms with Crippen LogP contribution in [0.1, 0.15) is 6.42 Å². The number of carbonyl (C=O) groups is 1.